The number of carbonyl (C=O) groups is 1. The highest BCUT2D eigenvalue weighted by atomic mass is 35.5. The van der Waals surface area contributed by atoms with E-state index >= 15 is 0 Å². The van der Waals surface area contributed by atoms with Crippen molar-refractivity contribution >= 4 is 45.9 Å². The Labute approximate surface area is 223 Å². The number of pyridine rings is 1. The number of carbonyl (C=O) groups excluding carboxylic acids is 1. The van der Waals surface area contributed by atoms with Crippen molar-refractivity contribution < 1.29 is 14.3 Å². The second-order valence-corrected chi connectivity index (χ2v) is 8.91. The zero-order valence-electron chi connectivity index (χ0n) is 20.6. The molecule has 0 bridgehead atoms. The van der Waals surface area contributed by atoms with Gasteiger partial charge in [0, 0.05) is 43.3 Å². The number of hydrogen-bond donors (Lipinski definition) is 2. The van der Waals surface area contributed by atoms with Gasteiger partial charge in [-0.1, -0.05) is 18.2 Å². The van der Waals surface area contributed by atoms with Gasteiger partial charge in [-0.2, -0.15) is 0 Å². The van der Waals surface area contributed by atoms with Crippen molar-refractivity contribution in [3.05, 3.63) is 72.6 Å². The molecule has 0 spiro atoms. The summed E-state index contributed by atoms with van der Waals surface area (Å²) in [6.07, 6.45) is 8.41. The van der Waals surface area contributed by atoms with Crippen molar-refractivity contribution in [1.29, 1.82) is 0 Å². The fourth-order valence-corrected chi connectivity index (χ4v) is 4.34. The Morgan fingerprint density at radius 1 is 1.21 bits per heavy atom. The van der Waals surface area contributed by atoms with Gasteiger partial charge in [-0.15, -0.1) is 0 Å². The topological polar surface area (TPSA) is 127 Å². The molecule has 11 nitrogen and oxygen atoms in total. The standard InChI is InChI=1S/C26H25ClN8O3/c1-3-23(36)35-9-6-17(13-35)33-25-22(37-2)11-20-24(34-25)26(31-15-30-20)32-16-4-5-21(19(27)10-16)38-14-18-12-28-7-8-29-18/h3-5,7-8,10-12,15,17H,1,6,9,13-14H2,2H3,(H,33,34)(H,30,31,32)/t17-/m0/s1. The number of likely N-dealkylation sites (tertiary alicyclic amines) is 1. The van der Waals surface area contributed by atoms with Crippen molar-refractivity contribution in [2.75, 3.05) is 30.8 Å². The molecule has 12 heteroatoms. The quantitative estimate of drug-likeness (QED) is 0.305. The molecule has 0 radical (unpaired) electrons. The molecule has 1 aromatic carbocycles. The maximum Gasteiger partial charge on any atom is 0.246 e. The second kappa shape index (κ2) is 11.3. The van der Waals surface area contributed by atoms with Crippen molar-refractivity contribution in [2.24, 2.45) is 0 Å². The normalized spacial score (nSPS) is 14.8. The molecule has 1 fully saturated rings. The third-order valence-corrected chi connectivity index (χ3v) is 6.29. The Kier molecular flexibility index (Phi) is 7.45. The number of hydrogen-bond acceptors (Lipinski definition) is 10. The molecule has 3 aromatic heterocycles. The number of benzene rings is 1. The number of rotatable bonds is 9. The maximum absolute atomic E-state index is 12.0. The predicted octanol–water partition coefficient (Wildman–Crippen LogP) is 4.00. The molecule has 1 atom stereocenters. The number of amides is 1. The summed E-state index contributed by atoms with van der Waals surface area (Å²) < 4.78 is 11.3. The van der Waals surface area contributed by atoms with Gasteiger partial charge in [0.2, 0.25) is 5.91 Å². The van der Waals surface area contributed by atoms with Crippen molar-refractivity contribution in [2.45, 2.75) is 19.1 Å². The van der Waals surface area contributed by atoms with Crippen LogP contribution < -0.4 is 20.1 Å². The Hall–Kier alpha value is -4.51. The van der Waals surface area contributed by atoms with Crippen LogP contribution in [0.5, 0.6) is 11.5 Å². The van der Waals surface area contributed by atoms with E-state index in [0.717, 1.165) is 6.42 Å². The fourth-order valence-electron chi connectivity index (χ4n) is 4.11. The lowest BCUT2D eigenvalue weighted by Gasteiger charge is -2.18. The number of aromatic nitrogens is 5. The second-order valence-electron chi connectivity index (χ2n) is 8.50. The van der Waals surface area contributed by atoms with Crippen LogP contribution in [-0.4, -0.2) is 62.0 Å². The first-order valence-electron chi connectivity index (χ1n) is 11.9. The van der Waals surface area contributed by atoms with Crippen LogP contribution in [-0.2, 0) is 11.4 Å². The average molecular weight is 533 g/mol. The molecule has 4 aromatic rings. The summed E-state index contributed by atoms with van der Waals surface area (Å²) >= 11 is 6.47. The van der Waals surface area contributed by atoms with Gasteiger partial charge < -0.3 is 25.0 Å². The van der Waals surface area contributed by atoms with Gasteiger partial charge in [0.15, 0.2) is 17.4 Å². The fraction of sp³-hybridized carbons (Fsp3) is 0.231. The van der Waals surface area contributed by atoms with Gasteiger partial charge in [-0.25, -0.2) is 15.0 Å². The predicted molar refractivity (Wildman–Crippen MR) is 144 cm³/mol. The summed E-state index contributed by atoms with van der Waals surface area (Å²) in [7, 11) is 1.58. The largest absolute Gasteiger partial charge is 0.493 e. The third kappa shape index (κ3) is 5.57. The lowest BCUT2D eigenvalue weighted by Crippen LogP contribution is -2.30. The number of anilines is 3. The van der Waals surface area contributed by atoms with Crippen LogP contribution in [0, 0.1) is 0 Å². The van der Waals surface area contributed by atoms with E-state index in [4.69, 9.17) is 26.1 Å². The molecule has 5 rings (SSSR count). The summed E-state index contributed by atoms with van der Waals surface area (Å²) in [4.78, 5) is 35.5. The van der Waals surface area contributed by atoms with Crippen molar-refractivity contribution in [1.82, 2.24) is 29.8 Å². The van der Waals surface area contributed by atoms with E-state index in [1.807, 2.05) is 6.07 Å². The SMILES string of the molecule is C=CC(=O)N1CC[C@H](Nc2nc3c(Nc4ccc(OCc5cnccn5)c(Cl)c4)ncnc3cc2OC)C1. The molecule has 1 aliphatic rings. The molecule has 194 valence electrons. The van der Waals surface area contributed by atoms with E-state index in [2.05, 4.69) is 37.1 Å². The van der Waals surface area contributed by atoms with Gasteiger partial charge >= 0.3 is 0 Å². The molecule has 1 aliphatic heterocycles. The molecule has 0 saturated carbocycles. The van der Waals surface area contributed by atoms with Crippen LogP contribution in [0.1, 0.15) is 12.1 Å². The number of nitrogens with one attached hydrogen (secondary N) is 2. The van der Waals surface area contributed by atoms with E-state index < -0.39 is 0 Å². The maximum atomic E-state index is 12.0. The zero-order valence-corrected chi connectivity index (χ0v) is 21.4. The number of halogens is 1. The highest BCUT2D eigenvalue weighted by molar-refractivity contribution is 6.32. The first-order valence-corrected chi connectivity index (χ1v) is 12.2. The molecule has 1 saturated heterocycles. The van der Waals surface area contributed by atoms with Gasteiger partial charge in [-0.3, -0.25) is 14.8 Å². The summed E-state index contributed by atoms with van der Waals surface area (Å²) in [6, 6.07) is 7.17. The van der Waals surface area contributed by atoms with E-state index in [1.54, 1.807) is 48.8 Å². The van der Waals surface area contributed by atoms with Crippen molar-refractivity contribution in [3.8, 4) is 11.5 Å². The van der Waals surface area contributed by atoms with Crippen LogP contribution in [0.4, 0.5) is 17.3 Å². The molecular formula is C26H25ClN8O3. The van der Waals surface area contributed by atoms with E-state index in [0.29, 0.717) is 63.7 Å². The molecule has 1 amide bonds. The lowest BCUT2D eigenvalue weighted by atomic mass is 10.2. The zero-order chi connectivity index (χ0) is 26.5. The molecule has 0 aliphatic carbocycles. The summed E-state index contributed by atoms with van der Waals surface area (Å²) in [6.45, 7) is 5.01. The van der Waals surface area contributed by atoms with Gasteiger partial charge in [0.05, 0.1) is 29.5 Å². The van der Waals surface area contributed by atoms with E-state index in [-0.39, 0.29) is 18.6 Å². The third-order valence-electron chi connectivity index (χ3n) is 6.00. The Balaban J connectivity index is 1.35. The summed E-state index contributed by atoms with van der Waals surface area (Å²) in [5.41, 5.74) is 2.55. The number of methoxy groups -OCH3 is 1. The van der Waals surface area contributed by atoms with Gasteiger partial charge in [-0.05, 0) is 30.7 Å². The first kappa shape index (κ1) is 25.2. The van der Waals surface area contributed by atoms with Crippen LogP contribution in [0.3, 0.4) is 0 Å². The highest BCUT2D eigenvalue weighted by Gasteiger charge is 2.26. The minimum atomic E-state index is -0.0866. The van der Waals surface area contributed by atoms with Crippen LogP contribution >= 0.6 is 11.6 Å². The molecule has 38 heavy (non-hydrogen) atoms. The number of ether oxygens (including phenoxy) is 2. The molecule has 0 unspecified atom stereocenters. The molecular weight excluding hydrogens is 508 g/mol. The van der Waals surface area contributed by atoms with E-state index in [1.165, 1.54) is 12.4 Å². The monoisotopic (exact) mass is 532 g/mol. The number of fused-ring (bicyclic) bond motifs is 1. The van der Waals surface area contributed by atoms with Crippen LogP contribution in [0.25, 0.3) is 11.0 Å². The lowest BCUT2D eigenvalue weighted by molar-refractivity contribution is -0.125. The average Bonchev–Trinajstić information content (AvgIpc) is 3.41. The van der Waals surface area contributed by atoms with E-state index in [9.17, 15) is 4.79 Å². The van der Waals surface area contributed by atoms with Crippen LogP contribution in [0.2, 0.25) is 5.02 Å². The van der Waals surface area contributed by atoms with Gasteiger partial charge in [0.25, 0.3) is 0 Å². The van der Waals surface area contributed by atoms with Crippen molar-refractivity contribution in [3.63, 3.8) is 0 Å². The Morgan fingerprint density at radius 3 is 2.87 bits per heavy atom. The summed E-state index contributed by atoms with van der Waals surface area (Å²) in [5.74, 6) is 2.02. The molecule has 2 N–H and O–H groups in total. The first-order chi connectivity index (χ1) is 18.5. The smallest absolute Gasteiger partial charge is 0.246 e. The Bertz CT molecular complexity index is 1470. The highest BCUT2D eigenvalue weighted by Crippen LogP contribution is 2.33. The minimum absolute atomic E-state index is 0.0204. The Morgan fingerprint density at radius 2 is 2.11 bits per heavy atom. The number of nitrogens with zero attached hydrogens (tertiary/aromatic N) is 6. The van der Waals surface area contributed by atoms with Gasteiger partial charge in [0.1, 0.15) is 24.2 Å². The van der Waals surface area contributed by atoms with Crippen LogP contribution in [0.15, 0.2) is 61.8 Å². The minimum Gasteiger partial charge on any atom is -0.493 e. The summed E-state index contributed by atoms with van der Waals surface area (Å²) in [5, 5.41) is 7.10. The molecule has 4 heterocycles.